The molecule has 0 aliphatic carbocycles. The van der Waals surface area contributed by atoms with Crippen molar-refractivity contribution in [3.63, 3.8) is 0 Å². The smallest absolute Gasteiger partial charge is 0.257 e. The fraction of sp³-hybridized carbons (Fsp3) is 0. The molecule has 0 radical (unpaired) electrons. The van der Waals surface area contributed by atoms with Crippen LogP contribution in [0.2, 0.25) is 0 Å². The van der Waals surface area contributed by atoms with E-state index < -0.39 is 0 Å². The van der Waals surface area contributed by atoms with Crippen LogP contribution in [0.5, 0.6) is 0 Å². The van der Waals surface area contributed by atoms with Crippen molar-refractivity contribution in [1.82, 2.24) is 10.1 Å². The monoisotopic (exact) mass is 163 g/mol. The molecule has 0 aliphatic rings. The quantitative estimate of drug-likeness (QED) is 0.678. The van der Waals surface area contributed by atoms with Crippen molar-refractivity contribution in [3.05, 3.63) is 43.2 Å². The maximum Gasteiger partial charge on any atom is 0.257 e. The number of nitrogens with two attached hydrogens (primary N) is 1. The van der Waals surface area contributed by atoms with Gasteiger partial charge in [0.15, 0.2) is 6.33 Å². The topological polar surface area (TPSA) is 64.9 Å². The Bertz CT molecular complexity index is 298. The average molecular weight is 163 g/mol. The van der Waals surface area contributed by atoms with Crippen LogP contribution in [-0.4, -0.2) is 10.1 Å². The third-order valence-electron chi connectivity index (χ3n) is 1.18. The number of allylic oxidation sites excluding steroid dienone is 4. The molecule has 1 aromatic rings. The fourth-order valence-corrected chi connectivity index (χ4v) is 0.729. The minimum absolute atomic E-state index is 0.427. The number of aromatic nitrogens is 2. The Balaban J connectivity index is 2.95. The Labute approximate surface area is 70.1 Å². The molecule has 0 aromatic carbocycles. The van der Waals surface area contributed by atoms with Gasteiger partial charge in [-0.15, -0.1) is 0 Å². The van der Waals surface area contributed by atoms with E-state index in [4.69, 9.17) is 10.3 Å². The van der Waals surface area contributed by atoms with Gasteiger partial charge in [-0.25, -0.2) is 0 Å². The molecule has 4 nitrogen and oxygen atoms in total. The van der Waals surface area contributed by atoms with E-state index in [-0.39, 0.29) is 0 Å². The zero-order chi connectivity index (χ0) is 8.81. The van der Waals surface area contributed by atoms with Gasteiger partial charge in [0.1, 0.15) is 0 Å². The zero-order valence-corrected chi connectivity index (χ0v) is 6.47. The molecule has 1 aromatic heterocycles. The van der Waals surface area contributed by atoms with E-state index in [0.29, 0.717) is 5.89 Å². The van der Waals surface area contributed by atoms with Gasteiger partial charge in [-0.1, -0.05) is 17.8 Å². The molecule has 0 aliphatic heterocycles. The van der Waals surface area contributed by atoms with E-state index in [1.807, 2.05) is 0 Å². The van der Waals surface area contributed by atoms with Gasteiger partial charge in [0, 0.05) is 5.57 Å². The van der Waals surface area contributed by atoms with Crippen molar-refractivity contribution in [2.45, 2.75) is 0 Å². The van der Waals surface area contributed by atoms with E-state index in [1.54, 1.807) is 18.2 Å². The summed E-state index contributed by atoms with van der Waals surface area (Å²) in [5.74, 6) is 0.427. The second-order valence-corrected chi connectivity index (χ2v) is 1.96. The van der Waals surface area contributed by atoms with Crippen molar-refractivity contribution >= 4 is 5.57 Å². The molecule has 0 bridgehead atoms. The normalized spacial score (nSPS) is 12.2. The Morgan fingerprint density at radius 1 is 1.67 bits per heavy atom. The first-order chi connectivity index (χ1) is 5.88. The van der Waals surface area contributed by atoms with E-state index in [2.05, 4.69) is 16.7 Å². The highest BCUT2D eigenvalue weighted by Crippen LogP contribution is 2.11. The highest BCUT2D eigenvalue weighted by atomic mass is 16.5. The van der Waals surface area contributed by atoms with Gasteiger partial charge in [0.25, 0.3) is 5.89 Å². The molecule has 4 heteroatoms. The van der Waals surface area contributed by atoms with Crippen LogP contribution in [0.1, 0.15) is 5.89 Å². The predicted molar refractivity (Wildman–Crippen MR) is 45.8 cm³/mol. The lowest BCUT2D eigenvalue weighted by molar-refractivity contribution is 0.407. The van der Waals surface area contributed by atoms with E-state index in [9.17, 15) is 0 Å². The first-order valence-electron chi connectivity index (χ1n) is 3.36. The van der Waals surface area contributed by atoms with Gasteiger partial charge in [0.2, 0.25) is 0 Å². The SMILES string of the molecule is C=C/C=C(\C=C/N)c1ncno1. The Morgan fingerprint density at radius 2 is 2.50 bits per heavy atom. The molecule has 2 N–H and O–H groups in total. The molecule has 62 valence electrons. The summed E-state index contributed by atoms with van der Waals surface area (Å²) in [5.41, 5.74) is 5.96. The minimum atomic E-state index is 0.427. The van der Waals surface area contributed by atoms with Crippen LogP contribution >= 0.6 is 0 Å². The molecule has 0 amide bonds. The first-order valence-corrected chi connectivity index (χ1v) is 3.36. The summed E-state index contributed by atoms with van der Waals surface area (Å²) >= 11 is 0. The van der Waals surface area contributed by atoms with Crippen molar-refractivity contribution in [3.8, 4) is 0 Å². The zero-order valence-electron chi connectivity index (χ0n) is 6.47. The lowest BCUT2D eigenvalue weighted by Gasteiger charge is -1.90. The Morgan fingerprint density at radius 3 is 3.00 bits per heavy atom. The van der Waals surface area contributed by atoms with Crippen LogP contribution in [0, 0.1) is 0 Å². The lowest BCUT2D eigenvalue weighted by atomic mass is 10.2. The van der Waals surface area contributed by atoms with Crippen molar-refractivity contribution in [2.24, 2.45) is 5.73 Å². The van der Waals surface area contributed by atoms with Crippen LogP contribution in [0.4, 0.5) is 0 Å². The lowest BCUT2D eigenvalue weighted by Crippen LogP contribution is -1.82. The van der Waals surface area contributed by atoms with Gasteiger partial charge in [-0.3, -0.25) is 0 Å². The molecule has 1 rings (SSSR count). The molecule has 0 unspecified atom stereocenters. The highest BCUT2D eigenvalue weighted by Gasteiger charge is 2.01. The first kappa shape index (κ1) is 8.26. The van der Waals surface area contributed by atoms with Crippen molar-refractivity contribution in [2.75, 3.05) is 0 Å². The predicted octanol–water partition coefficient (Wildman–Crippen LogP) is 1.11. The number of rotatable bonds is 3. The third-order valence-corrected chi connectivity index (χ3v) is 1.18. The average Bonchev–Trinajstić information content (AvgIpc) is 2.56. The van der Waals surface area contributed by atoms with E-state index in [1.165, 1.54) is 12.5 Å². The molecule has 0 saturated carbocycles. The number of hydrogen-bond donors (Lipinski definition) is 1. The summed E-state index contributed by atoms with van der Waals surface area (Å²) in [4.78, 5) is 3.85. The minimum Gasteiger partial charge on any atom is -0.405 e. The third kappa shape index (κ3) is 1.82. The largest absolute Gasteiger partial charge is 0.405 e. The summed E-state index contributed by atoms with van der Waals surface area (Å²) in [6, 6.07) is 0. The fourth-order valence-electron chi connectivity index (χ4n) is 0.729. The van der Waals surface area contributed by atoms with Gasteiger partial charge < -0.3 is 10.3 Å². The van der Waals surface area contributed by atoms with Gasteiger partial charge in [0.05, 0.1) is 0 Å². The molecular weight excluding hydrogens is 154 g/mol. The maximum atomic E-state index is 5.22. The Kier molecular flexibility index (Phi) is 2.84. The molecule has 1 heterocycles. The van der Waals surface area contributed by atoms with Gasteiger partial charge in [-0.2, -0.15) is 4.98 Å². The molecule has 0 saturated heterocycles. The molecular formula is C8H9N3O. The summed E-state index contributed by atoms with van der Waals surface area (Å²) in [7, 11) is 0. The van der Waals surface area contributed by atoms with Crippen LogP contribution in [-0.2, 0) is 0 Å². The summed E-state index contributed by atoms with van der Waals surface area (Å²) in [6.07, 6.45) is 7.75. The summed E-state index contributed by atoms with van der Waals surface area (Å²) in [6.45, 7) is 3.55. The van der Waals surface area contributed by atoms with Crippen molar-refractivity contribution < 1.29 is 4.52 Å². The summed E-state index contributed by atoms with van der Waals surface area (Å²) < 4.78 is 4.82. The van der Waals surface area contributed by atoms with Gasteiger partial charge >= 0.3 is 0 Å². The standard InChI is InChI=1S/C8H9N3O/c1-2-3-7(4-5-9)8-10-6-11-12-8/h2-6H,1,9H2/b5-4-,7-3+. The number of nitrogens with zero attached hydrogens (tertiary/aromatic N) is 2. The van der Waals surface area contributed by atoms with E-state index >= 15 is 0 Å². The van der Waals surface area contributed by atoms with Gasteiger partial charge in [-0.05, 0) is 18.4 Å². The highest BCUT2D eigenvalue weighted by molar-refractivity contribution is 5.69. The van der Waals surface area contributed by atoms with Crippen LogP contribution in [0.3, 0.4) is 0 Å². The van der Waals surface area contributed by atoms with Crippen LogP contribution < -0.4 is 5.73 Å². The number of hydrogen-bond acceptors (Lipinski definition) is 4. The van der Waals surface area contributed by atoms with E-state index in [0.717, 1.165) is 5.57 Å². The molecule has 12 heavy (non-hydrogen) atoms. The van der Waals surface area contributed by atoms with Crippen LogP contribution in [0.25, 0.3) is 5.57 Å². The van der Waals surface area contributed by atoms with Crippen molar-refractivity contribution in [1.29, 1.82) is 0 Å². The second-order valence-electron chi connectivity index (χ2n) is 1.96. The molecule has 0 fully saturated rings. The summed E-state index contributed by atoms with van der Waals surface area (Å²) in [5, 5.41) is 3.47. The van der Waals surface area contributed by atoms with Crippen LogP contribution in [0.15, 0.2) is 41.9 Å². The molecule has 0 spiro atoms. The second kappa shape index (κ2) is 4.12. The maximum absolute atomic E-state index is 5.22. The Hall–Kier alpha value is -1.84. The molecule has 0 atom stereocenters.